The molecule has 0 bridgehead atoms. The highest BCUT2D eigenvalue weighted by Crippen LogP contribution is 2.20. The molecule has 0 atom stereocenters. The first-order valence-electron chi connectivity index (χ1n) is 5.84. The second-order valence-electron chi connectivity index (χ2n) is 4.33. The van der Waals surface area contributed by atoms with Crippen LogP contribution in [0.15, 0.2) is 18.2 Å². The van der Waals surface area contributed by atoms with Crippen LogP contribution in [0.4, 0.5) is 4.39 Å². The molecular weight excluding hydrogens is 221 g/mol. The lowest BCUT2D eigenvalue weighted by Crippen LogP contribution is -2.26. The summed E-state index contributed by atoms with van der Waals surface area (Å²) in [6, 6.07) is 5.35. The molecule has 3 nitrogen and oxygen atoms in total. The minimum Gasteiger partial charge on any atom is -0.490 e. The molecule has 0 spiro atoms. The summed E-state index contributed by atoms with van der Waals surface area (Å²) in [5.41, 5.74) is 0.546. The van der Waals surface area contributed by atoms with Crippen LogP contribution in [0.5, 0.6) is 5.75 Å². The maximum Gasteiger partial charge on any atom is 0.223 e. The SMILES string of the molecule is Cc1cccc(OCCC(=O)NC2CC2)c1F. The van der Waals surface area contributed by atoms with E-state index in [9.17, 15) is 9.18 Å². The number of hydrogen-bond donors (Lipinski definition) is 1. The van der Waals surface area contributed by atoms with Crippen LogP contribution in [-0.2, 0) is 4.79 Å². The number of amides is 1. The zero-order chi connectivity index (χ0) is 12.3. The van der Waals surface area contributed by atoms with Gasteiger partial charge >= 0.3 is 0 Å². The summed E-state index contributed by atoms with van der Waals surface area (Å²) < 4.78 is 18.8. The van der Waals surface area contributed by atoms with Gasteiger partial charge in [0.15, 0.2) is 11.6 Å². The van der Waals surface area contributed by atoms with Gasteiger partial charge in [-0.15, -0.1) is 0 Å². The van der Waals surface area contributed by atoms with Gasteiger partial charge in [0.2, 0.25) is 5.91 Å². The van der Waals surface area contributed by atoms with Crippen LogP contribution >= 0.6 is 0 Å². The Morgan fingerprint density at radius 3 is 3.00 bits per heavy atom. The van der Waals surface area contributed by atoms with Crippen LogP contribution in [0, 0.1) is 12.7 Å². The van der Waals surface area contributed by atoms with E-state index in [1.165, 1.54) is 0 Å². The molecule has 1 amide bonds. The van der Waals surface area contributed by atoms with Gasteiger partial charge in [0.05, 0.1) is 13.0 Å². The van der Waals surface area contributed by atoms with Crippen LogP contribution < -0.4 is 10.1 Å². The second kappa shape index (κ2) is 5.17. The van der Waals surface area contributed by atoms with Crippen LogP contribution in [0.25, 0.3) is 0 Å². The Hall–Kier alpha value is -1.58. The lowest BCUT2D eigenvalue weighted by atomic mass is 10.2. The number of rotatable bonds is 5. The van der Waals surface area contributed by atoms with Crippen molar-refractivity contribution in [2.45, 2.75) is 32.2 Å². The Morgan fingerprint density at radius 1 is 1.53 bits per heavy atom. The topological polar surface area (TPSA) is 38.3 Å². The maximum atomic E-state index is 13.5. The number of hydrogen-bond acceptors (Lipinski definition) is 2. The molecule has 2 rings (SSSR count). The third kappa shape index (κ3) is 3.44. The smallest absolute Gasteiger partial charge is 0.223 e. The van der Waals surface area contributed by atoms with E-state index in [1.807, 2.05) is 0 Å². The Morgan fingerprint density at radius 2 is 2.29 bits per heavy atom. The molecule has 0 saturated heterocycles. The number of carbonyl (C=O) groups excluding carboxylic acids is 1. The standard InChI is InChI=1S/C13H16FNO2/c1-9-3-2-4-11(13(9)14)17-8-7-12(16)15-10-5-6-10/h2-4,10H,5-8H2,1H3,(H,15,16). The quantitative estimate of drug-likeness (QED) is 0.852. The molecule has 92 valence electrons. The van der Waals surface area contributed by atoms with E-state index in [0.717, 1.165) is 12.8 Å². The fourth-order valence-electron chi connectivity index (χ4n) is 1.51. The summed E-state index contributed by atoms with van der Waals surface area (Å²) in [7, 11) is 0. The van der Waals surface area contributed by atoms with Crippen molar-refractivity contribution in [3.63, 3.8) is 0 Å². The monoisotopic (exact) mass is 237 g/mol. The van der Waals surface area contributed by atoms with Crippen molar-refractivity contribution >= 4 is 5.91 Å². The zero-order valence-electron chi connectivity index (χ0n) is 9.83. The van der Waals surface area contributed by atoms with Crippen molar-refractivity contribution in [3.05, 3.63) is 29.6 Å². The molecule has 4 heteroatoms. The van der Waals surface area contributed by atoms with E-state index in [0.29, 0.717) is 11.6 Å². The van der Waals surface area contributed by atoms with Crippen molar-refractivity contribution in [3.8, 4) is 5.75 Å². The number of carbonyl (C=O) groups is 1. The molecule has 0 heterocycles. The number of nitrogens with one attached hydrogen (secondary N) is 1. The Kier molecular flexibility index (Phi) is 3.61. The van der Waals surface area contributed by atoms with Crippen molar-refractivity contribution in [1.29, 1.82) is 0 Å². The second-order valence-corrected chi connectivity index (χ2v) is 4.33. The largest absolute Gasteiger partial charge is 0.490 e. The predicted octanol–water partition coefficient (Wildman–Crippen LogP) is 2.18. The third-order valence-electron chi connectivity index (χ3n) is 2.69. The Labute approximate surface area is 100.0 Å². The zero-order valence-corrected chi connectivity index (χ0v) is 9.83. The fourth-order valence-corrected chi connectivity index (χ4v) is 1.51. The number of aryl methyl sites for hydroxylation is 1. The van der Waals surface area contributed by atoms with Gasteiger partial charge in [0, 0.05) is 6.04 Å². The predicted molar refractivity (Wildman–Crippen MR) is 62.4 cm³/mol. The summed E-state index contributed by atoms with van der Waals surface area (Å²) in [5, 5.41) is 2.85. The molecule has 17 heavy (non-hydrogen) atoms. The number of ether oxygens (including phenoxy) is 1. The molecule has 1 N–H and O–H groups in total. The molecule has 1 aromatic carbocycles. The van der Waals surface area contributed by atoms with Gasteiger partial charge in [-0.1, -0.05) is 12.1 Å². The molecule has 1 aromatic rings. The highest BCUT2D eigenvalue weighted by atomic mass is 19.1. The first-order valence-corrected chi connectivity index (χ1v) is 5.84. The molecule has 0 unspecified atom stereocenters. The van der Waals surface area contributed by atoms with E-state index < -0.39 is 0 Å². The molecule has 0 aliphatic heterocycles. The van der Waals surface area contributed by atoms with Crippen LogP contribution in [0.2, 0.25) is 0 Å². The minimum atomic E-state index is -0.352. The van der Waals surface area contributed by atoms with Crippen molar-refractivity contribution in [2.24, 2.45) is 0 Å². The third-order valence-corrected chi connectivity index (χ3v) is 2.69. The highest BCUT2D eigenvalue weighted by Gasteiger charge is 2.22. The molecule has 1 saturated carbocycles. The van der Waals surface area contributed by atoms with E-state index >= 15 is 0 Å². The van der Waals surface area contributed by atoms with Crippen LogP contribution in [0.1, 0.15) is 24.8 Å². The van der Waals surface area contributed by atoms with E-state index in [1.54, 1.807) is 25.1 Å². The summed E-state index contributed by atoms with van der Waals surface area (Å²) in [6.45, 7) is 1.89. The summed E-state index contributed by atoms with van der Waals surface area (Å²) in [6.07, 6.45) is 2.40. The first kappa shape index (κ1) is 11.9. The Bertz CT molecular complexity index is 416. The van der Waals surface area contributed by atoms with Crippen LogP contribution in [-0.4, -0.2) is 18.6 Å². The lowest BCUT2D eigenvalue weighted by Gasteiger charge is -2.08. The summed E-state index contributed by atoms with van der Waals surface area (Å²) >= 11 is 0. The van der Waals surface area contributed by atoms with Crippen molar-refractivity contribution in [1.82, 2.24) is 5.32 Å². The average molecular weight is 237 g/mol. The van der Waals surface area contributed by atoms with E-state index in [-0.39, 0.29) is 30.5 Å². The van der Waals surface area contributed by atoms with Gasteiger partial charge < -0.3 is 10.1 Å². The van der Waals surface area contributed by atoms with Gasteiger partial charge in [-0.2, -0.15) is 0 Å². The van der Waals surface area contributed by atoms with Crippen molar-refractivity contribution < 1.29 is 13.9 Å². The summed E-state index contributed by atoms with van der Waals surface area (Å²) in [4.78, 5) is 11.4. The maximum absolute atomic E-state index is 13.5. The lowest BCUT2D eigenvalue weighted by molar-refractivity contribution is -0.121. The number of halogens is 1. The summed E-state index contributed by atoms with van der Waals surface area (Å²) in [5.74, 6) is -0.167. The van der Waals surface area contributed by atoms with E-state index in [2.05, 4.69) is 5.32 Å². The normalized spacial score (nSPS) is 14.5. The van der Waals surface area contributed by atoms with Gasteiger partial charge in [0.25, 0.3) is 0 Å². The molecule has 0 radical (unpaired) electrons. The first-order chi connectivity index (χ1) is 8.16. The molecular formula is C13H16FNO2. The van der Waals surface area contributed by atoms with Gasteiger partial charge in [-0.25, -0.2) is 4.39 Å². The van der Waals surface area contributed by atoms with Gasteiger partial charge in [-0.3, -0.25) is 4.79 Å². The fraction of sp³-hybridized carbons (Fsp3) is 0.462. The molecule has 1 aliphatic rings. The minimum absolute atomic E-state index is 0.0273. The Balaban J connectivity index is 1.77. The van der Waals surface area contributed by atoms with Gasteiger partial charge in [-0.05, 0) is 31.4 Å². The average Bonchev–Trinajstić information content (AvgIpc) is 3.08. The number of benzene rings is 1. The van der Waals surface area contributed by atoms with Gasteiger partial charge in [0.1, 0.15) is 0 Å². The highest BCUT2D eigenvalue weighted by molar-refractivity contribution is 5.76. The molecule has 1 aliphatic carbocycles. The van der Waals surface area contributed by atoms with Crippen LogP contribution in [0.3, 0.4) is 0 Å². The van der Waals surface area contributed by atoms with Crippen molar-refractivity contribution in [2.75, 3.05) is 6.61 Å². The molecule has 0 aromatic heterocycles. The van der Waals surface area contributed by atoms with E-state index in [4.69, 9.17) is 4.74 Å². The molecule has 1 fully saturated rings.